The van der Waals surface area contributed by atoms with Gasteiger partial charge in [-0.2, -0.15) is 0 Å². The summed E-state index contributed by atoms with van der Waals surface area (Å²) in [5.74, 6) is -2.70. The Bertz CT molecular complexity index is 904. The zero-order chi connectivity index (χ0) is 23.5. The Balaban J connectivity index is 0.000000390. The fourth-order valence-corrected chi connectivity index (χ4v) is 3.48. The van der Waals surface area contributed by atoms with Crippen LogP contribution < -0.4 is 4.90 Å². The summed E-state index contributed by atoms with van der Waals surface area (Å²) in [7, 11) is 2.14. The average Bonchev–Trinajstić information content (AvgIpc) is 2.80. The minimum Gasteiger partial charge on any atom is -0.478 e. The highest BCUT2D eigenvalue weighted by Gasteiger charge is 2.22. The number of hydrogen-bond donors (Lipinski definition) is 2. The van der Waals surface area contributed by atoms with Crippen LogP contribution in [0.3, 0.4) is 0 Å². The molecule has 2 aromatic carbocycles. The van der Waals surface area contributed by atoms with Crippen molar-refractivity contribution in [3.05, 3.63) is 77.6 Å². The van der Waals surface area contributed by atoms with Gasteiger partial charge in [0.05, 0.1) is 0 Å². The molecular formula is C24H27FN2O5. The number of anilines is 1. The first-order valence-electron chi connectivity index (χ1n) is 10.2. The van der Waals surface area contributed by atoms with Crippen molar-refractivity contribution in [2.75, 3.05) is 25.0 Å². The third-order valence-electron chi connectivity index (χ3n) is 5.20. The van der Waals surface area contributed by atoms with Crippen LogP contribution in [0.4, 0.5) is 10.1 Å². The maximum absolute atomic E-state index is 13.0. The first-order chi connectivity index (χ1) is 15.3. The Morgan fingerprint density at radius 1 is 1.00 bits per heavy atom. The summed E-state index contributed by atoms with van der Waals surface area (Å²) < 4.78 is 13.0. The lowest BCUT2D eigenvalue weighted by Gasteiger charge is -2.38. The number of aliphatic carboxylic acids is 2. The number of benzene rings is 2. The van der Waals surface area contributed by atoms with Crippen LogP contribution in [0, 0.1) is 5.82 Å². The van der Waals surface area contributed by atoms with Crippen LogP contribution in [0.25, 0.3) is 0 Å². The lowest BCUT2D eigenvalue weighted by Crippen LogP contribution is -2.43. The third kappa shape index (κ3) is 8.31. The van der Waals surface area contributed by atoms with Gasteiger partial charge in [-0.15, -0.1) is 0 Å². The molecule has 1 aliphatic heterocycles. The van der Waals surface area contributed by atoms with Gasteiger partial charge in [-0.05, 0) is 61.9 Å². The van der Waals surface area contributed by atoms with Crippen molar-refractivity contribution in [1.82, 2.24) is 4.90 Å². The number of aldehydes is 1. The molecule has 0 aliphatic carbocycles. The molecule has 0 radical (unpaired) electrons. The molecule has 0 amide bonds. The minimum absolute atomic E-state index is 0.185. The van der Waals surface area contributed by atoms with Crippen LogP contribution in [0.15, 0.2) is 60.7 Å². The fraction of sp³-hybridized carbons (Fsp3) is 0.292. The molecule has 32 heavy (non-hydrogen) atoms. The van der Waals surface area contributed by atoms with Gasteiger partial charge in [-0.3, -0.25) is 9.69 Å². The summed E-state index contributed by atoms with van der Waals surface area (Å²) >= 11 is 0. The second-order valence-electron chi connectivity index (χ2n) is 7.48. The van der Waals surface area contributed by atoms with Crippen LogP contribution in [-0.2, 0) is 16.1 Å². The minimum atomic E-state index is -1.26. The van der Waals surface area contributed by atoms with E-state index in [2.05, 4.69) is 16.8 Å². The van der Waals surface area contributed by atoms with E-state index in [0.29, 0.717) is 23.8 Å². The molecule has 0 aromatic heterocycles. The van der Waals surface area contributed by atoms with Crippen molar-refractivity contribution in [2.24, 2.45) is 0 Å². The number of nitrogens with zero attached hydrogens (tertiary/aromatic N) is 2. The Morgan fingerprint density at radius 3 is 2.00 bits per heavy atom. The van der Waals surface area contributed by atoms with E-state index < -0.39 is 11.9 Å². The molecule has 0 bridgehead atoms. The van der Waals surface area contributed by atoms with Crippen LogP contribution in [-0.4, -0.2) is 59.5 Å². The van der Waals surface area contributed by atoms with Crippen LogP contribution in [0.2, 0.25) is 0 Å². The lowest BCUT2D eigenvalue weighted by atomic mass is 10.0. The third-order valence-corrected chi connectivity index (χ3v) is 5.20. The smallest absolute Gasteiger partial charge is 0.328 e. The Morgan fingerprint density at radius 2 is 1.53 bits per heavy atom. The van der Waals surface area contributed by atoms with Gasteiger partial charge in [-0.1, -0.05) is 12.1 Å². The molecule has 0 unspecified atom stereocenters. The van der Waals surface area contributed by atoms with E-state index in [1.54, 1.807) is 0 Å². The molecule has 0 saturated carbocycles. The van der Waals surface area contributed by atoms with Crippen LogP contribution in [0.1, 0.15) is 28.8 Å². The number of rotatable bonds is 7. The number of carboxylic acids is 2. The van der Waals surface area contributed by atoms with E-state index in [1.165, 1.54) is 17.8 Å². The topological polar surface area (TPSA) is 98.2 Å². The molecular weight excluding hydrogens is 415 g/mol. The second-order valence-corrected chi connectivity index (χ2v) is 7.48. The highest BCUT2D eigenvalue weighted by Crippen LogP contribution is 2.23. The van der Waals surface area contributed by atoms with Crippen molar-refractivity contribution in [3.8, 4) is 0 Å². The molecule has 7 nitrogen and oxygen atoms in total. The van der Waals surface area contributed by atoms with Gasteiger partial charge in [0, 0.05) is 49.1 Å². The van der Waals surface area contributed by atoms with Gasteiger partial charge in [0.15, 0.2) is 0 Å². The Labute approximate surface area is 186 Å². The molecule has 1 saturated heterocycles. The summed E-state index contributed by atoms with van der Waals surface area (Å²) in [5, 5.41) is 15.6. The lowest BCUT2D eigenvalue weighted by molar-refractivity contribution is -0.134. The number of carboxylic acid groups (broad SMARTS) is 2. The summed E-state index contributed by atoms with van der Waals surface area (Å²) in [6.45, 7) is 2.87. The van der Waals surface area contributed by atoms with E-state index in [0.717, 1.165) is 44.3 Å². The van der Waals surface area contributed by atoms with E-state index in [-0.39, 0.29) is 5.82 Å². The zero-order valence-corrected chi connectivity index (χ0v) is 17.9. The fourth-order valence-electron chi connectivity index (χ4n) is 3.48. The maximum atomic E-state index is 13.0. The highest BCUT2D eigenvalue weighted by atomic mass is 19.1. The summed E-state index contributed by atoms with van der Waals surface area (Å²) in [6.07, 6.45) is 4.20. The summed E-state index contributed by atoms with van der Waals surface area (Å²) in [5.41, 5.74) is 3.04. The predicted octanol–water partition coefficient (Wildman–Crippen LogP) is 3.45. The van der Waals surface area contributed by atoms with Crippen molar-refractivity contribution < 1.29 is 29.0 Å². The molecule has 8 heteroatoms. The number of hydrogen-bond acceptors (Lipinski definition) is 5. The summed E-state index contributed by atoms with van der Waals surface area (Å²) in [6, 6.07) is 15.1. The van der Waals surface area contributed by atoms with E-state index in [1.807, 2.05) is 36.4 Å². The highest BCUT2D eigenvalue weighted by molar-refractivity contribution is 5.89. The van der Waals surface area contributed by atoms with Gasteiger partial charge >= 0.3 is 11.9 Å². The number of carbonyl (C=O) groups excluding carboxylic acids is 1. The Hall–Kier alpha value is -3.52. The molecule has 3 rings (SSSR count). The first-order valence-corrected chi connectivity index (χ1v) is 10.2. The molecule has 1 fully saturated rings. The molecule has 0 atom stereocenters. The molecule has 0 spiro atoms. The normalized spacial score (nSPS) is 14.2. The largest absolute Gasteiger partial charge is 0.478 e. The maximum Gasteiger partial charge on any atom is 0.328 e. The van der Waals surface area contributed by atoms with Crippen LogP contribution >= 0.6 is 0 Å². The second kappa shape index (κ2) is 12.4. The number of halogens is 1. The molecule has 1 heterocycles. The summed E-state index contributed by atoms with van der Waals surface area (Å²) in [4.78, 5) is 34.6. The van der Waals surface area contributed by atoms with Crippen molar-refractivity contribution in [3.63, 3.8) is 0 Å². The average molecular weight is 442 g/mol. The number of carbonyl (C=O) groups is 3. The van der Waals surface area contributed by atoms with Crippen molar-refractivity contribution >= 4 is 23.9 Å². The van der Waals surface area contributed by atoms with Crippen molar-refractivity contribution in [2.45, 2.75) is 25.4 Å². The zero-order valence-electron chi connectivity index (χ0n) is 17.9. The van der Waals surface area contributed by atoms with E-state index in [4.69, 9.17) is 10.2 Å². The molecule has 2 N–H and O–H groups in total. The van der Waals surface area contributed by atoms with Gasteiger partial charge in [-0.25, -0.2) is 14.0 Å². The van der Waals surface area contributed by atoms with Crippen LogP contribution in [0.5, 0.6) is 0 Å². The quantitative estimate of drug-likeness (QED) is 0.501. The van der Waals surface area contributed by atoms with E-state index in [9.17, 15) is 18.8 Å². The molecule has 2 aromatic rings. The van der Waals surface area contributed by atoms with Crippen molar-refractivity contribution in [1.29, 1.82) is 0 Å². The molecule has 1 aliphatic rings. The first kappa shape index (κ1) is 24.7. The van der Waals surface area contributed by atoms with Gasteiger partial charge in [0.25, 0.3) is 0 Å². The van der Waals surface area contributed by atoms with E-state index >= 15 is 0 Å². The monoisotopic (exact) mass is 442 g/mol. The molecule has 170 valence electrons. The predicted molar refractivity (Wildman–Crippen MR) is 119 cm³/mol. The van der Waals surface area contributed by atoms with Gasteiger partial charge in [0.1, 0.15) is 12.1 Å². The standard InChI is InChI=1S/C20H23FN2O.C4H4O4/c1-22(14-16-2-6-18(21)7-3-16)19-10-12-23(13-11-19)20-8-4-17(15-24)5-9-20;5-3(6)1-2-4(7)8/h2-9,15,19H,10-14H2,1H3;1-2H,(H,5,6)(H,7,8)/b;2-1+. The van der Waals surface area contributed by atoms with Gasteiger partial charge < -0.3 is 15.1 Å². The van der Waals surface area contributed by atoms with Gasteiger partial charge in [0.2, 0.25) is 0 Å². The Kier molecular flexibility index (Phi) is 9.56. The number of piperidine rings is 1. The SMILES string of the molecule is CN(Cc1ccc(F)cc1)C1CCN(c2ccc(C=O)cc2)CC1.O=C(O)/C=C/C(=O)O.